The molecule has 1 aromatic rings. The Kier molecular flexibility index (Phi) is 2.70. The summed E-state index contributed by atoms with van der Waals surface area (Å²) in [6.07, 6.45) is 1.70. The minimum atomic E-state index is -0.0767. The highest BCUT2D eigenvalue weighted by atomic mass is 16.1. The van der Waals surface area contributed by atoms with E-state index in [1.807, 2.05) is 13.8 Å². The maximum atomic E-state index is 11.2. The number of carbonyl (C=O) groups excluding carboxylic acids is 1. The Balaban J connectivity index is 3.40. The predicted octanol–water partition coefficient (Wildman–Crippen LogP) is 1.88. The number of aryl methyl sites for hydroxylation is 1. The van der Waals surface area contributed by atoms with Crippen molar-refractivity contribution >= 4 is 17.2 Å². The smallest absolute Gasteiger partial charge is 0.159 e. The Morgan fingerprint density at radius 2 is 2.07 bits per heavy atom. The van der Waals surface area contributed by atoms with Crippen molar-refractivity contribution in [3.63, 3.8) is 0 Å². The van der Waals surface area contributed by atoms with E-state index in [0.717, 1.165) is 11.1 Å². The molecule has 0 unspecified atom stereocenters. The molecule has 1 aromatic heterocycles. The molecule has 3 nitrogen and oxygen atoms in total. The second kappa shape index (κ2) is 3.62. The third-order valence-electron chi connectivity index (χ3n) is 2.35. The second-order valence-electron chi connectivity index (χ2n) is 3.36. The zero-order chi connectivity index (χ0) is 10.9. The molecule has 0 aromatic carbocycles. The number of rotatable bonds is 2. The molecule has 0 aliphatic rings. The topological polar surface area (TPSA) is 56.0 Å². The molecule has 0 aliphatic heterocycles. The Bertz CT molecular complexity index is 408. The van der Waals surface area contributed by atoms with Gasteiger partial charge >= 0.3 is 0 Å². The summed E-state index contributed by atoms with van der Waals surface area (Å²) in [7, 11) is 0. The number of nitrogens with two attached hydrogens (primary N) is 1. The number of aromatic nitrogens is 1. The number of allylic oxidation sites excluding steroid dienone is 1. The van der Waals surface area contributed by atoms with Crippen molar-refractivity contribution in [1.82, 2.24) is 4.98 Å². The average molecular weight is 190 g/mol. The van der Waals surface area contributed by atoms with Gasteiger partial charge in [-0.3, -0.25) is 4.79 Å². The van der Waals surface area contributed by atoms with E-state index in [2.05, 4.69) is 11.6 Å². The van der Waals surface area contributed by atoms with Crippen LogP contribution in [-0.2, 0) is 4.79 Å². The molecule has 2 N–H and O–H groups in total. The van der Waals surface area contributed by atoms with Crippen molar-refractivity contribution in [1.29, 1.82) is 0 Å². The fourth-order valence-corrected chi connectivity index (χ4v) is 1.27. The molecule has 74 valence electrons. The molecular formula is C11H14N2O. The Labute approximate surface area is 83.7 Å². The van der Waals surface area contributed by atoms with Gasteiger partial charge in [-0.15, -0.1) is 0 Å². The van der Waals surface area contributed by atoms with Crippen LogP contribution in [0.25, 0.3) is 5.57 Å². The number of carbonyl (C=O) groups is 1. The lowest BCUT2D eigenvalue weighted by molar-refractivity contribution is -0.111. The van der Waals surface area contributed by atoms with Gasteiger partial charge in [0.2, 0.25) is 0 Å². The van der Waals surface area contributed by atoms with Gasteiger partial charge in [0.15, 0.2) is 5.78 Å². The maximum Gasteiger partial charge on any atom is 0.159 e. The van der Waals surface area contributed by atoms with Gasteiger partial charge < -0.3 is 5.73 Å². The highest BCUT2D eigenvalue weighted by Crippen LogP contribution is 2.24. The van der Waals surface area contributed by atoms with Crippen molar-refractivity contribution in [3.05, 3.63) is 29.5 Å². The molecule has 0 amide bonds. The minimum Gasteiger partial charge on any atom is -0.383 e. The van der Waals surface area contributed by atoms with Crippen molar-refractivity contribution in [2.75, 3.05) is 5.73 Å². The van der Waals surface area contributed by atoms with Gasteiger partial charge in [-0.2, -0.15) is 0 Å². The first-order valence-corrected chi connectivity index (χ1v) is 4.37. The first kappa shape index (κ1) is 10.4. The van der Waals surface area contributed by atoms with Gasteiger partial charge in [0.25, 0.3) is 0 Å². The van der Waals surface area contributed by atoms with Crippen LogP contribution in [0.3, 0.4) is 0 Å². The van der Waals surface area contributed by atoms with E-state index in [-0.39, 0.29) is 5.78 Å². The Hall–Kier alpha value is -1.64. The van der Waals surface area contributed by atoms with E-state index >= 15 is 0 Å². The molecule has 0 bridgehead atoms. The largest absolute Gasteiger partial charge is 0.383 e. The molecule has 0 atom stereocenters. The number of nitrogen functional groups attached to an aromatic ring is 1. The van der Waals surface area contributed by atoms with Crippen LogP contribution in [0.15, 0.2) is 12.8 Å². The van der Waals surface area contributed by atoms with Gasteiger partial charge in [-0.05, 0) is 31.9 Å². The summed E-state index contributed by atoms with van der Waals surface area (Å²) >= 11 is 0. The van der Waals surface area contributed by atoms with Gasteiger partial charge in [-0.1, -0.05) is 6.58 Å². The van der Waals surface area contributed by atoms with Crippen molar-refractivity contribution in [2.45, 2.75) is 20.8 Å². The van der Waals surface area contributed by atoms with Crippen LogP contribution in [0, 0.1) is 13.8 Å². The average Bonchev–Trinajstić information content (AvgIpc) is 2.12. The fourth-order valence-electron chi connectivity index (χ4n) is 1.27. The van der Waals surface area contributed by atoms with Gasteiger partial charge in [-0.25, -0.2) is 4.98 Å². The molecule has 3 heteroatoms. The number of ketones is 1. The zero-order valence-electron chi connectivity index (χ0n) is 8.72. The number of hydrogen-bond acceptors (Lipinski definition) is 3. The summed E-state index contributed by atoms with van der Waals surface area (Å²) in [6, 6.07) is 0. The molecule has 0 saturated carbocycles. The van der Waals surface area contributed by atoms with Crippen molar-refractivity contribution in [3.8, 4) is 0 Å². The summed E-state index contributed by atoms with van der Waals surface area (Å²) in [6.45, 7) is 9.04. The predicted molar refractivity (Wildman–Crippen MR) is 57.8 cm³/mol. The van der Waals surface area contributed by atoms with Crippen molar-refractivity contribution in [2.24, 2.45) is 0 Å². The molecule has 1 heterocycles. The number of hydrogen-bond donors (Lipinski definition) is 1. The summed E-state index contributed by atoms with van der Waals surface area (Å²) in [5.41, 5.74) is 8.79. The number of nitrogens with zero attached hydrogens (tertiary/aromatic N) is 1. The van der Waals surface area contributed by atoms with E-state index in [9.17, 15) is 4.79 Å². The Morgan fingerprint density at radius 3 is 2.57 bits per heavy atom. The lowest BCUT2D eigenvalue weighted by Gasteiger charge is -2.11. The van der Waals surface area contributed by atoms with Crippen LogP contribution < -0.4 is 5.73 Å². The summed E-state index contributed by atoms with van der Waals surface area (Å²) < 4.78 is 0. The quantitative estimate of drug-likeness (QED) is 0.724. The lowest BCUT2D eigenvalue weighted by Crippen LogP contribution is -2.05. The summed E-state index contributed by atoms with van der Waals surface area (Å²) in [4.78, 5) is 15.2. The standard InChI is InChI=1S/C11H14N2O/c1-6-5-13-11(12)10(7(6)2)8(3)9(4)14/h5H,3H2,1-2,4H3,(H2,12,13). The van der Waals surface area contributed by atoms with Crippen LogP contribution in [0.4, 0.5) is 5.82 Å². The third kappa shape index (κ3) is 1.66. The molecule has 0 fully saturated rings. The highest BCUT2D eigenvalue weighted by Gasteiger charge is 2.13. The number of pyridine rings is 1. The van der Waals surface area contributed by atoms with Crippen LogP contribution in [0.2, 0.25) is 0 Å². The fraction of sp³-hybridized carbons (Fsp3) is 0.273. The zero-order valence-corrected chi connectivity index (χ0v) is 8.72. The lowest BCUT2D eigenvalue weighted by atomic mass is 9.98. The van der Waals surface area contributed by atoms with Gasteiger partial charge in [0.1, 0.15) is 5.82 Å². The molecule has 14 heavy (non-hydrogen) atoms. The molecule has 0 aliphatic carbocycles. The van der Waals surface area contributed by atoms with Crippen LogP contribution in [0.1, 0.15) is 23.6 Å². The first-order chi connectivity index (χ1) is 6.45. The van der Waals surface area contributed by atoms with Gasteiger partial charge in [0, 0.05) is 17.3 Å². The first-order valence-electron chi connectivity index (χ1n) is 4.37. The van der Waals surface area contributed by atoms with E-state index < -0.39 is 0 Å². The monoisotopic (exact) mass is 190 g/mol. The van der Waals surface area contributed by atoms with E-state index in [1.54, 1.807) is 6.20 Å². The van der Waals surface area contributed by atoms with Crippen LogP contribution in [-0.4, -0.2) is 10.8 Å². The Morgan fingerprint density at radius 1 is 1.50 bits per heavy atom. The summed E-state index contributed by atoms with van der Waals surface area (Å²) in [5.74, 6) is 0.292. The van der Waals surface area contributed by atoms with E-state index in [4.69, 9.17) is 5.73 Å². The highest BCUT2D eigenvalue weighted by molar-refractivity contribution is 6.20. The summed E-state index contributed by atoms with van der Waals surface area (Å²) in [5, 5.41) is 0. The normalized spacial score (nSPS) is 9.93. The molecular weight excluding hydrogens is 176 g/mol. The van der Waals surface area contributed by atoms with Crippen molar-refractivity contribution < 1.29 is 4.79 Å². The number of Topliss-reactive ketones (excluding diaryl/α,β-unsaturated/α-hetero) is 1. The molecule has 1 rings (SSSR count). The van der Waals surface area contributed by atoms with E-state index in [0.29, 0.717) is 17.0 Å². The SMILES string of the molecule is C=C(C(C)=O)c1c(N)ncc(C)c1C. The van der Waals surface area contributed by atoms with Crippen LogP contribution >= 0.6 is 0 Å². The third-order valence-corrected chi connectivity index (χ3v) is 2.35. The van der Waals surface area contributed by atoms with Crippen LogP contribution in [0.5, 0.6) is 0 Å². The minimum absolute atomic E-state index is 0.0767. The number of anilines is 1. The van der Waals surface area contributed by atoms with Gasteiger partial charge in [0.05, 0.1) is 0 Å². The second-order valence-corrected chi connectivity index (χ2v) is 3.36. The molecule has 0 saturated heterocycles. The molecule has 0 radical (unpaired) electrons. The maximum absolute atomic E-state index is 11.2. The molecule has 0 spiro atoms. The van der Waals surface area contributed by atoms with E-state index in [1.165, 1.54) is 6.92 Å².